The van der Waals surface area contributed by atoms with E-state index in [0.29, 0.717) is 17.1 Å². The first-order valence-corrected chi connectivity index (χ1v) is 8.57. The molecule has 0 saturated carbocycles. The second-order valence-corrected chi connectivity index (χ2v) is 6.17. The lowest BCUT2D eigenvalue weighted by Gasteiger charge is -2.10. The molecule has 3 aromatic rings. The lowest BCUT2D eigenvalue weighted by Crippen LogP contribution is -2.24. The highest BCUT2D eigenvalue weighted by Crippen LogP contribution is 2.22. The van der Waals surface area contributed by atoms with Crippen LogP contribution in [0.1, 0.15) is 15.9 Å². The number of hydrogen-bond acceptors (Lipinski definition) is 4. The maximum absolute atomic E-state index is 10.9. The summed E-state index contributed by atoms with van der Waals surface area (Å²) in [6, 6.07) is 18.1. The van der Waals surface area contributed by atoms with Crippen LogP contribution in [-0.2, 0) is 6.42 Å². The molecule has 7 heteroatoms. The third-order valence-corrected chi connectivity index (χ3v) is 4.13. The van der Waals surface area contributed by atoms with Crippen LogP contribution in [0.4, 0.5) is 5.69 Å². The van der Waals surface area contributed by atoms with Crippen LogP contribution in [0.3, 0.4) is 0 Å². The Kier molecular flexibility index (Phi) is 5.63. The average Bonchev–Trinajstić information content (AvgIpc) is 2.66. The van der Waals surface area contributed by atoms with Gasteiger partial charge in [0.1, 0.15) is 5.75 Å². The van der Waals surface area contributed by atoms with E-state index in [1.165, 1.54) is 12.1 Å². The van der Waals surface area contributed by atoms with Gasteiger partial charge in [0.15, 0.2) is 5.11 Å². The minimum Gasteiger partial charge on any atom is -0.508 e. The van der Waals surface area contributed by atoms with Gasteiger partial charge < -0.3 is 15.5 Å². The predicted octanol–water partition coefficient (Wildman–Crippen LogP) is 3.76. The van der Waals surface area contributed by atoms with E-state index in [9.17, 15) is 9.90 Å². The maximum atomic E-state index is 10.9. The third-order valence-electron chi connectivity index (χ3n) is 3.94. The molecule has 0 aliphatic heterocycles. The topological polar surface area (TPSA) is 94.0 Å². The van der Waals surface area contributed by atoms with E-state index in [-0.39, 0.29) is 11.3 Å². The summed E-state index contributed by atoms with van der Waals surface area (Å²) in [5.41, 5.74) is 4.21. The number of phenols is 1. The molecule has 0 aromatic heterocycles. The Balaban J connectivity index is 1.58. The molecule has 0 saturated heterocycles. The number of phenolic OH excluding ortho intramolecular Hbond substituents is 1. The van der Waals surface area contributed by atoms with Crippen LogP contribution < -0.4 is 10.7 Å². The van der Waals surface area contributed by atoms with E-state index in [1.807, 2.05) is 42.5 Å². The number of hydrogen-bond donors (Lipinski definition) is 4. The number of carbonyl (C=O) groups is 1. The summed E-state index contributed by atoms with van der Waals surface area (Å²) in [5, 5.41) is 28.4. The van der Waals surface area contributed by atoms with Crippen LogP contribution in [0.5, 0.6) is 5.75 Å². The van der Waals surface area contributed by atoms with Crippen molar-refractivity contribution < 1.29 is 15.0 Å². The fraction of sp³-hybridized carbons (Fsp3) is 0.0500. The molecule has 0 aliphatic carbocycles. The number of thiocarbonyl (C=S) groups is 1. The molecule has 0 unspecified atom stereocenters. The summed E-state index contributed by atoms with van der Waals surface area (Å²) in [4.78, 5) is 10.9. The first-order chi connectivity index (χ1) is 13.0. The van der Waals surface area contributed by atoms with Crippen molar-refractivity contribution in [3.05, 3.63) is 71.8 Å². The zero-order valence-corrected chi connectivity index (χ0v) is 15.0. The van der Waals surface area contributed by atoms with Crippen molar-refractivity contribution in [2.45, 2.75) is 6.42 Å². The van der Waals surface area contributed by atoms with Gasteiger partial charge in [-0.2, -0.15) is 5.10 Å². The molecule has 136 valence electrons. The average molecular weight is 379 g/mol. The van der Waals surface area contributed by atoms with Crippen molar-refractivity contribution in [2.24, 2.45) is 5.10 Å². The van der Waals surface area contributed by atoms with Crippen molar-refractivity contribution >= 4 is 46.0 Å². The molecule has 6 nitrogen and oxygen atoms in total. The molecule has 0 atom stereocenters. The van der Waals surface area contributed by atoms with E-state index in [4.69, 9.17) is 17.3 Å². The van der Waals surface area contributed by atoms with Gasteiger partial charge in [0.05, 0.1) is 5.56 Å². The molecule has 0 amide bonds. The Labute approximate surface area is 161 Å². The van der Waals surface area contributed by atoms with Gasteiger partial charge >= 0.3 is 5.97 Å². The molecule has 0 radical (unpaired) electrons. The smallest absolute Gasteiger partial charge is 0.335 e. The van der Waals surface area contributed by atoms with Crippen molar-refractivity contribution in [3.8, 4) is 5.75 Å². The molecule has 0 aliphatic rings. The summed E-state index contributed by atoms with van der Waals surface area (Å²) in [6.45, 7) is 0. The minimum absolute atomic E-state index is 0.0341. The zero-order chi connectivity index (χ0) is 19.2. The van der Waals surface area contributed by atoms with E-state index in [2.05, 4.69) is 15.8 Å². The second kappa shape index (κ2) is 8.29. The van der Waals surface area contributed by atoms with Crippen LogP contribution in [0.2, 0.25) is 0 Å². The van der Waals surface area contributed by atoms with Crippen molar-refractivity contribution in [2.75, 3.05) is 5.32 Å². The van der Waals surface area contributed by atoms with E-state index < -0.39 is 5.97 Å². The number of aromatic carboxylic acids is 1. The first kappa shape index (κ1) is 18.3. The van der Waals surface area contributed by atoms with Gasteiger partial charge in [-0.3, -0.25) is 5.43 Å². The Morgan fingerprint density at radius 2 is 1.89 bits per heavy atom. The number of carboxylic acid groups (broad SMARTS) is 1. The lowest BCUT2D eigenvalue weighted by atomic mass is 10.1. The Morgan fingerprint density at radius 3 is 2.67 bits per heavy atom. The van der Waals surface area contributed by atoms with E-state index in [0.717, 1.165) is 16.5 Å². The number of carboxylic acids is 1. The molecule has 4 N–H and O–H groups in total. The van der Waals surface area contributed by atoms with Crippen LogP contribution in [0, 0.1) is 0 Å². The van der Waals surface area contributed by atoms with Gasteiger partial charge in [0.25, 0.3) is 0 Å². The second-order valence-electron chi connectivity index (χ2n) is 5.76. The van der Waals surface area contributed by atoms with Crippen molar-refractivity contribution in [1.29, 1.82) is 0 Å². The molecule has 27 heavy (non-hydrogen) atoms. The fourth-order valence-corrected chi connectivity index (χ4v) is 2.77. The standard InChI is InChI=1S/C20H17N3O3S/c24-18-12-15(19(25)26)9-8-14(18)10-11-21-23-20(27)22-17-7-3-5-13-4-1-2-6-16(13)17/h1-9,11-12,24H,10H2,(H,25,26)(H2,22,23,27). The Bertz CT molecular complexity index is 1030. The zero-order valence-electron chi connectivity index (χ0n) is 14.2. The number of aromatic hydroxyl groups is 1. The quantitative estimate of drug-likeness (QED) is 0.306. The van der Waals surface area contributed by atoms with Crippen molar-refractivity contribution in [3.63, 3.8) is 0 Å². The minimum atomic E-state index is -1.09. The van der Waals surface area contributed by atoms with E-state index >= 15 is 0 Å². The summed E-state index contributed by atoms with van der Waals surface area (Å²) in [6.07, 6.45) is 1.88. The van der Waals surface area contributed by atoms with E-state index in [1.54, 1.807) is 12.3 Å². The monoisotopic (exact) mass is 379 g/mol. The number of rotatable bonds is 5. The number of nitrogens with one attached hydrogen (secondary N) is 2. The molecule has 3 rings (SSSR count). The summed E-state index contributed by atoms with van der Waals surface area (Å²) in [5.74, 6) is -1.17. The Morgan fingerprint density at radius 1 is 1.11 bits per heavy atom. The van der Waals surface area contributed by atoms with Gasteiger partial charge in [0.2, 0.25) is 0 Å². The van der Waals surface area contributed by atoms with Gasteiger partial charge in [-0.1, -0.05) is 42.5 Å². The summed E-state index contributed by atoms with van der Waals surface area (Å²) >= 11 is 5.25. The Hall–Kier alpha value is -3.45. The largest absolute Gasteiger partial charge is 0.508 e. The number of fused-ring (bicyclic) bond motifs is 1. The summed E-state index contributed by atoms with van der Waals surface area (Å²) < 4.78 is 0. The number of hydrazone groups is 1. The molecular formula is C20H17N3O3S. The highest BCUT2D eigenvalue weighted by Gasteiger charge is 2.07. The van der Waals surface area contributed by atoms with Crippen LogP contribution in [-0.4, -0.2) is 27.5 Å². The lowest BCUT2D eigenvalue weighted by molar-refractivity contribution is 0.0696. The van der Waals surface area contributed by atoms with Crippen LogP contribution >= 0.6 is 12.2 Å². The molecular weight excluding hydrogens is 362 g/mol. The fourth-order valence-electron chi connectivity index (χ4n) is 2.60. The van der Waals surface area contributed by atoms with Crippen LogP contribution in [0.15, 0.2) is 65.8 Å². The summed E-state index contributed by atoms with van der Waals surface area (Å²) in [7, 11) is 0. The van der Waals surface area contributed by atoms with Gasteiger partial charge in [-0.05, 0) is 41.4 Å². The number of benzene rings is 3. The molecule has 3 aromatic carbocycles. The number of nitrogens with zero attached hydrogens (tertiary/aromatic N) is 1. The number of anilines is 1. The maximum Gasteiger partial charge on any atom is 0.335 e. The van der Waals surface area contributed by atoms with Gasteiger partial charge in [-0.15, -0.1) is 0 Å². The van der Waals surface area contributed by atoms with Crippen molar-refractivity contribution in [1.82, 2.24) is 5.43 Å². The SMILES string of the molecule is O=C(O)c1ccc(CC=NNC(=S)Nc2cccc3ccccc23)c(O)c1. The molecule has 0 fully saturated rings. The van der Waals surface area contributed by atoms with Crippen LogP contribution in [0.25, 0.3) is 10.8 Å². The van der Waals surface area contributed by atoms with Gasteiger partial charge in [0, 0.05) is 23.7 Å². The molecule has 0 bridgehead atoms. The van der Waals surface area contributed by atoms with Gasteiger partial charge in [-0.25, -0.2) is 4.79 Å². The third kappa shape index (κ3) is 4.59. The highest BCUT2D eigenvalue weighted by atomic mass is 32.1. The molecule has 0 heterocycles. The highest BCUT2D eigenvalue weighted by molar-refractivity contribution is 7.80. The molecule has 0 spiro atoms. The predicted molar refractivity (Wildman–Crippen MR) is 111 cm³/mol. The first-order valence-electron chi connectivity index (χ1n) is 8.16. The normalized spacial score (nSPS) is 10.8.